The van der Waals surface area contributed by atoms with E-state index in [9.17, 15) is 45.5 Å². The number of nitrogens with zero attached hydrogens (tertiary/aromatic N) is 6. The van der Waals surface area contributed by atoms with Crippen molar-refractivity contribution < 1.29 is 55.0 Å². The Morgan fingerprint density at radius 3 is 1.50 bits per heavy atom. The lowest BCUT2D eigenvalue weighted by Gasteiger charge is -2.41. The van der Waals surface area contributed by atoms with Gasteiger partial charge in [0.2, 0.25) is 23.6 Å². The number of aromatic nitrogens is 6. The van der Waals surface area contributed by atoms with Crippen LogP contribution in [0.25, 0.3) is 60.1 Å². The summed E-state index contributed by atoms with van der Waals surface area (Å²) in [4.78, 5) is 70.5. The molecule has 0 spiro atoms. The number of nitrogens with one attached hydrogen (secondary N) is 4. The van der Waals surface area contributed by atoms with Crippen LogP contribution in [0.5, 0.6) is 5.75 Å². The Labute approximate surface area is 757 Å². The number of hydrogen-bond donors (Lipinski definition) is 4. The third-order valence-electron chi connectivity index (χ3n) is 30.9. The molecule has 7 heterocycles. The van der Waals surface area contributed by atoms with E-state index in [1.165, 1.54) is 46.5 Å². The summed E-state index contributed by atoms with van der Waals surface area (Å²) in [5, 5.41) is 21.5. The molecule has 5 aromatic heterocycles. The summed E-state index contributed by atoms with van der Waals surface area (Å²) in [5.41, 5.74) is 14.2. The van der Waals surface area contributed by atoms with Crippen LogP contribution in [0, 0.1) is 94.3 Å². The topological polar surface area (TPSA) is 206 Å². The summed E-state index contributed by atoms with van der Waals surface area (Å²) in [6, 6.07) is 46.9. The van der Waals surface area contributed by atoms with Gasteiger partial charge in [-0.3, -0.25) is 44.2 Å². The fourth-order valence-electron chi connectivity index (χ4n) is 25.2. The third-order valence-corrected chi connectivity index (χ3v) is 31.2. The molecule has 23 rings (SSSR count). The van der Waals surface area contributed by atoms with Gasteiger partial charge in [0.1, 0.15) is 41.4 Å². The van der Waals surface area contributed by atoms with Crippen molar-refractivity contribution in [1.82, 2.24) is 35.5 Å². The number of carbonyl (C=O) groups is 4. The Bertz CT molecular complexity index is 6220. The van der Waals surface area contributed by atoms with Crippen LogP contribution in [0.3, 0.4) is 0 Å². The molecule has 0 radical (unpaired) electrons. The van der Waals surface area contributed by atoms with Crippen molar-refractivity contribution in [1.29, 1.82) is 0 Å². The fraction of sp³-hybridized carbons (Fsp3) is 0.430. The van der Waals surface area contributed by atoms with Crippen molar-refractivity contribution >= 4 is 112 Å². The maximum Gasteiger partial charge on any atom is 0.248 e. The molecule has 2 aliphatic heterocycles. The second-order valence-corrected chi connectivity index (χ2v) is 39.9. The maximum atomic E-state index is 13.9. The Morgan fingerprint density at radius 2 is 0.962 bits per heavy atom. The van der Waals surface area contributed by atoms with Gasteiger partial charge in [0.15, 0.2) is 0 Å². The lowest BCUT2D eigenvalue weighted by atomic mass is 9.88. The molecule has 0 bridgehead atoms. The smallest absolute Gasteiger partial charge is 0.248 e. The molecule has 7 unspecified atom stereocenters. The van der Waals surface area contributed by atoms with E-state index in [2.05, 4.69) is 81.3 Å². The summed E-state index contributed by atoms with van der Waals surface area (Å²) in [6.45, 7) is 2.91. The van der Waals surface area contributed by atoms with Gasteiger partial charge in [-0.1, -0.05) is 23.7 Å². The predicted molar refractivity (Wildman–Crippen MR) is 495 cm³/mol. The number of anilines is 3. The lowest BCUT2D eigenvalue weighted by molar-refractivity contribution is -0.124. The summed E-state index contributed by atoms with van der Waals surface area (Å²) >= 11 is 5.90. The van der Waals surface area contributed by atoms with Crippen LogP contribution in [0.4, 0.5) is 43.4 Å². The minimum atomic E-state index is -2.56. The Hall–Kier alpha value is -11.1. The minimum Gasteiger partial charge on any atom is -0.489 e. The number of allylic oxidation sites excluding steroid dienone is 2. The van der Waals surface area contributed by atoms with Crippen molar-refractivity contribution in [3.8, 4) is 5.75 Å². The summed E-state index contributed by atoms with van der Waals surface area (Å²) in [7, 11) is 0. The van der Waals surface area contributed by atoms with Gasteiger partial charge in [-0.15, -0.1) is 0 Å². The van der Waals surface area contributed by atoms with Gasteiger partial charge in [0.05, 0.1) is 58.7 Å². The van der Waals surface area contributed by atoms with E-state index in [1.807, 2.05) is 67.1 Å². The van der Waals surface area contributed by atoms with Crippen molar-refractivity contribution in [3.05, 3.63) is 251 Å². The normalized spacial score (nSPS) is 26.7. The number of ketones is 1. The highest BCUT2D eigenvalue weighted by Crippen LogP contribution is 2.58. The molecule has 130 heavy (non-hydrogen) atoms. The second-order valence-electron chi connectivity index (χ2n) is 39.5. The molecule has 9 fully saturated rings. The van der Waals surface area contributed by atoms with Crippen LogP contribution in [-0.2, 0) is 30.3 Å². The van der Waals surface area contributed by atoms with Gasteiger partial charge >= 0.3 is 0 Å². The SMILES string of the molecule is O=C(CC1C[C@@H]2CC(c3ccnc4ccc(F)cc34)C[C@@H]2C1)NC1CCC(F)(F)CC1.O=C(CC1C[C@@H]2CC(c3ccnc4ccc(F)cc34)C[C@@H]2C1)Nc1ccc2c(c1)OCC1COCCN21.O=C(C[C@@H]1C[C@@H]2CC(c3ccnc4ccc(F)cc34)=C[C@@H]2C1)Nc1ccc(Cl)cc1.O=C(Cc1ccc2[nH]ncc2c1)CC1C[C@@H]2CC(c3ccnc4ccc(F)cc34)C[C@@H]2C1. The summed E-state index contributed by atoms with van der Waals surface area (Å²) in [5.74, 6) is 5.82. The molecule has 4 N–H and O–H groups in total. The van der Waals surface area contributed by atoms with E-state index in [4.69, 9.17) is 21.1 Å². The van der Waals surface area contributed by atoms with Gasteiger partial charge in [-0.05, 0) is 377 Å². The van der Waals surface area contributed by atoms with E-state index in [0.29, 0.717) is 158 Å². The number of fused-ring (bicyclic) bond motifs is 12. The quantitative estimate of drug-likeness (QED) is 0.0628. The largest absolute Gasteiger partial charge is 0.489 e. The number of rotatable bonds is 17. The number of carbonyl (C=O) groups excluding carboxylic acids is 4. The first-order valence-electron chi connectivity index (χ1n) is 47.1. The number of pyridine rings is 4. The number of ether oxygens (including phenoxy) is 2. The highest BCUT2D eigenvalue weighted by molar-refractivity contribution is 6.30. The predicted octanol–water partition coefficient (Wildman–Crippen LogP) is 24.0. The van der Waals surface area contributed by atoms with Crippen LogP contribution in [-0.4, -0.2) is 98.0 Å². The highest BCUT2D eigenvalue weighted by Gasteiger charge is 2.47. The molecule has 3 amide bonds. The first-order valence-corrected chi connectivity index (χ1v) is 47.5. The summed E-state index contributed by atoms with van der Waals surface area (Å²) in [6.07, 6.45) is 31.1. The van der Waals surface area contributed by atoms with E-state index < -0.39 is 5.92 Å². The fourth-order valence-corrected chi connectivity index (χ4v) is 25.4. The average Bonchev–Trinajstić information content (AvgIpc) is 1.60. The van der Waals surface area contributed by atoms with E-state index in [0.717, 1.165) is 198 Å². The number of alkyl halides is 2. The van der Waals surface area contributed by atoms with E-state index >= 15 is 0 Å². The number of morpholine rings is 1. The van der Waals surface area contributed by atoms with Crippen LogP contribution in [0.2, 0.25) is 5.02 Å². The zero-order valence-electron chi connectivity index (χ0n) is 72.9. The zero-order valence-corrected chi connectivity index (χ0v) is 73.6. The number of benzene rings is 7. The minimum absolute atomic E-state index is 0.0207. The van der Waals surface area contributed by atoms with Gasteiger partial charge in [-0.25, -0.2) is 26.3 Å². The van der Waals surface area contributed by atoms with Gasteiger partial charge in [0.25, 0.3) is 0 Å². The van der Waals surface area contributed by atoms with Gasteiger partial charge in [0, 0.05) is 132 Å². The van der Waals surface area contributed by atoms with Crippen LogP contribution < -0.4 is 25.6 Å². The monoisotopic (exact) mass is 1780 g/mol. The molecule has 7 aromatic carbocycles. The third kappa shape index (κ3) is 19.6. The van der Waals surface area contributed by atoms with Crippen LogP contribution in [0.15, 0.2) is 195 Å². The molecular formula is C107H109ClF6N10O6. The molecule has 12 aromatic rings. The Morgan fingerprint density at radius 1 is 0.485 bits per heavy atom. The molecule has 23 heteroatoms. The number of aromatic amines is 1. The maximum absolute atomic E-state index is 13.9. The Kier molecular flexibility index (Phi) is 25.2. The van der Waals surface area contributed by atoms with Crippen molar-refractivity contribution in [2.75, 3.05) is 41.9 Å². The van der Waals surface area contributed by atoms with Crippen LogP contribution in [0.1, 0.15) is 193 Å². The van der Waals surface area contributed by atoms with Crippen molar-refractivity contribution in [2.24, 2.45) is 71.0 Å². The summed E-state index contributed by atoms with van der Waals surface area (Å²) < 4.78 is 93.6. The number of halogens is 7. The molecule has 9 aliphatic carbocycles. The van der Waals surface area contributed by atoms with Crippen molar-refractivity contribution in [2.45, 2.75) is 190 Å². The van der Waals surface area contributed by atoms with Crippen LogP contribution >= 0.6 is 11.6 Å². The molecule has 16 atom stereocenters. The van der Waals surface area contributed by atoms with E-state index in [1.54, 1.807) is 73.1 Å². The Balaban J connectivity index is 0.000000109. The molecule has 8 saturated carbocycles. The molecule has 672 valence electrons. The first kappa shape index (κ1) is 86.9. The standard InChI is InChI=1S/C30H32FN3O3.C27H26FN3O.C25H22ClFN2O.C25H29F3N2O/c31-22-1-3-27-26(14-22)25(5-6-32-27)21-12-19-9-18(10-20(19)13-21)11-30(35)33-23-2-4-28-29(15-23)37-17-24-16-36-8-7-34(24)28;28-22-2-4-27-25(14-22)24(5-6-29-27)20-12-18-8-17(9-19(18)13-20)11-23(32)10-16-1-3-26-21(7-16)15-30-31-26;26-19-1-4-21(5-2-19)29-25(30)11-15-9-16-12-18(13-17(16)10-15)22-7-8-28-24-6-3-20(27)14-23(22)24;26-19-1-2-23-22(14-19)21(5-8-29-23)18-12-16-9-15(10-17(16)13-18)11-24(31)30-20-3-6-25(27,28)7-4-20/h1-6,14-15,18-21,24H,7-13,16-17H2,(H,33,35);1-7,14-15,17-20H,8-13H2,(H,30,31);1-8,12,14-17H,9-11,13H2,(H,29,30);1-2,5,8,14-18,20H,3-4,6-7,9-13H2,(H,30,31)/t18?,19-,20+,21?,24?;17?,18-,19+,20?;15-,16-,17+;15?,16-,17+,18?/m..0./s1. The zero-order chi connectivity index (χ0) is 88.8. The lowest BCUT2D eigenvalue weighted by Crippen LogP contribution is -2.51. The molecule has 11 aliphatic rings. The van der Waals surface area contributed by atoms with Gasteiger partial charge < -0.3 is 30.3 Å². The van der Waals surface area contributed by atoms with Crippen molar-refractivity contribution in [3.63, 3.8) is 0 Å². The molecule has 16 nitrogen and oxygen atoms in total. The highest BCUT2D eigenvalue weighted by atomic mass is 35.5. The number of Topliss-reactive ketones (excluding diaryl/α,β-unsaturated/α-hetero) is 1. The van der Waals surface area contributed by atoms with E-state index in [-0.39, 0.29) is 65.9 Å². The number of amides is 3. The number of H-pyrrole nitrogens is 1. The molecule has 1 saturated heterocycles. The average molecular weight is 1780 g/mol. The van der Waals surface area contributed by atoms with Gasteiger partial charge in [-0.2, -0.15) is 5.10 Å². The second kappa shape index (κ2) is 37.6. The number of hydrogen-bond acceptors (Lipinski definition) is 12. The molecular weight excluding hydrogens is 1670 g/mol. The first-order chi connectivity index (χ1) is 63.1.